The van der Waals surface area contributed by atoms with Gasteiger partial charge < -0.3 is 10.6 Å². The highest BCUT2D eigenvalue weighted by Crippen LogP contribution is 1.99. The van der Waals surface area contributed by atoms with E-state index in [1.54, 1.807) is 6.20 Å². The minimum Gasteiger partial charge on any atom is -0.355 e. The molecule has 2 N–H and O–H groups in total. The lowest BCUT2D eigenvalue weighted by Gasteiger charge is -2.06. The molecule has 0 aliphatic rings. The lowest BCUT2D eigenvalue weighted by Crippen LogP contribution is -2.33. The zero-order chi connectivity index (χ0) is 12.5. The molecule has 0 fully saturated rings. The monoisotopic (exact) mass is 235 g/mol. The molecular weight excluding hydrogens is 214 g/mol. The van der Waals surface area contributed by atoms with Crippen molar-refractivity contribution in [3.05, 3.63) is 29.6 Å². The van der Waals surface area contributed by atoms with Crippen LogP contribution >= 0.6 is 0 Å². The smallest absolute Gasteiger partial charge is 0.224 e. The summed E-state index contributed by atoms with van der Waals surface area (Å²) in [6, 6.07) is 3.86. The maximum atomic E-state index is 11.6. The van der Waals surface area contributed by atoms with E-state index in [0.717, 1.165) is 30.8 Å². The van der Waals surface area contributed by atoms with E-state index in [4.69, 9.17) is 0 Å². The third-order valence-electron chi connectivity index (χ3n) is 2.39. The zero-order valence-electron chi connectivity index (χ0n) is 10.6. The molecule has 0 unspecified atom stereocenters. The normalized spacial score (nSPS) is 10.2. The van der Waals surface area contributed by atoms with Gasteiger partial charge in [0.1, 0.15) is 0 Å². The fraction of sp³-hybridized carbons (Fsp3) is 0.538. The maximum absolute atomic E-state index is 11.6. The fourth-order valence-electron chi connectivity index (χ4n) is 1.44. The average Bonchev–Trinajstić information content (AvgIpc) is 2.32. The Morgan fingerprint density at radius 3 is 2.76 bits per heavy atom. The van der Waals surface area contributed by atoms with E-state index in [2.05, 4.69) is 22.5 Å². The average molecular weight is 235 g/mol. The molecule has 1 amide bonds. The van der Waals surface area contributed by atoms with Crippen molar-refractivity contribution in [2.24, 2.45) is 0 Å². The molecule has 1 aromatic heterocycles. The van der Waals surface area contributed by atoms with Crippen molar-refractivity contribution in [1.82, 2.24) is 15.6 Å². The summed E-state index contributed by atoms with van der Waals surface area (Å²) in [5.74, 6) is 0.0500. The van der Waals surface area contributed by atoms with Crippen molar-refractivity contribution in [2.75, 3.05) is 19.6 Å². The van der Waals surface area contributed by atoms with Crippen LogP contribution in [0.2, 0.25) is 0 Å². The summed E-state index contributed by atoms with van der Waals surface area (Å²) in [7, 11) is 0. The van der Waals surface area contributed by atoms with Crippen LogP contribution in [0.3, 0.4) is 0 Å². The summed E-state index contributed by atoms with van der Waals surface area (Å²) in [6.07, 6.45) is 3.27. The number of hydrogen-bond donors (Lipinski definition) is 2. The molecule has 0 aliphatic heterocycles. The van der Waals surface area contributed by atoms with E-state index < -0.39 is 0 Å². The van der Waals surface area contributed by atoms with Crippen LogP contribution in [-0.2, 0) is 11.2 Å². The third kappa shape index (κ3) is 6.02. The van der Waals surface area contributed by atoms with E-state index in [1.807, 2.05) is 19.1 Å². The molecule has 94 valence electrons. The van der Waals surface area contributed by atoms with Crippen LogP contribution in [0.15, 0.2) is 18.3 Å². The summed E-state index contributed by atoms with van der Waals surface area (Å²) in [5.41, 5.74) is 1.92. The molecule has 1 heterocycles. The van der Waals surface area contributed by atoms with Gasteiger partial charge in [0, 0.05) is 25.0 Å². The van der Waals surface area contributed by atoms with Crippen molar-refractivity contribution in [3.8, 4) is 0 Å². The van der Waals surface area contributed by atoms with Gasteiger partial charge in [0.2, 0.25) is 5.91 Å². The summed E-state index contributed by atoms with van der Waals surface area (Å²) in [6.45, 7) is 6.56. The molecule has 0 saturated heterocycles. The van der Waals surface area contributed by atoms with Gasteiger partial charge in [-0.3, -0.25) is 9.78 Å². The molecule has 0 atom stereocenters. The zero-order valence-corrected chi connectivity index (χ0v) is 10.6. The van der Waals surface area contributed by atoms with Gasteiger partial charge in [-0.05, 0) is 31.5 Å². The summed E-state index contributed by atoms with van der Waals surface area (Å²) < 4.78 is 0. The fourth-order valence-corrected chi connectivity index (χ4v) is 1.44. The number of amides is 1. The molecule has 17 heavy (non-hydrogen) atoms. The van der Waals surface area contributed by atoms with Crippen LogP contribution in [-0.4, -0.2) is 30.5 Å². The molecule has 0 aliphatic carbocycles. The first kappa shape index (κ1) is 13.6. The second-order valence-electron chi connectivity index (χ2n) is 4.08. The number of nitrogens with zero attached hydrogens (tertiary/aromatic N) is 1. The first-order valence-corrected chi connectivity index (χ1v) is 6.11. The van der Waals surface area contributed by atoms with Gasteiger partial charge in [0.05, 0.1) is 6.42 Å². The Morgan fingerprint density at radius 2 is 2.12 bits per heavy atom. The van der Waals surface area contributed by atoms with E-state index in [0.29, 0.717) is 13.0 Å². The predicted octanol–water partition coefficient (Wildman–Crippen LogP) is 1.05. The summed E-state index contributed by atoms with van der Waals surface area (Å²) in [4.78, 5) is 15.7. The largest absolute Gasteiger partial charge is 0.355 e. The second kappa shape index (κ2) is 7.79. The molecule has 0 radical (unpaired) electrons. The van der Waals surface area contributed by atoms with Crippen molar-refractivity contribution >= 4 is 5.91 Å². The third-order valence-corrected chi connectivity index (χ3v) is 2.39. The quantitative estimate of drug-likeness (QED) is 0.695. The van der Waals surface area contributed by atoms with Crippen LogP contribution in [0.5, 0.6) is 0 Å². The number of aryl methyl sites for hydroxylation is 1. The Labute approximate surface area is 103 Å². The van der Waals surface area contributed by atoms with E-state index in [-0.39, 0.29) is 5.91 Å². The molecule has 4 nitrogen and oxygen atoms in total. The topological polar surface area (TPSA) is 54.0 Å². The summed E-state index contributed by atoms with van der Waals surface area (Å²) >= 11 is 0. The number of carbonyl (C=O) groups is 1. The molecule has 1 rings (SSSR count). The Kier molecular flexibility index (Phi) is 6.25. The molecule has 1 aromatic rings. The molecule has 4 heteroatoms. The number of pyridine rings is 1. The minimum atomic E-state index is 0.0500. The Hall–Kier alpha value is -1.42. The van der Waals surface area contributed by atoms with Gasteiger partial charge in [-0.1, -0.05) is 13.0 Å². The number of carbonyl (C=O) groups excluding carboxylic acids is 1. The minimum absolute atomic E-state index is 0.0500. The highest BCUT2D eigenvalue weighted by Gasteiger charge is 2.02. The van der Waals surface area contributed by atoms with E-state index in [1.165, 1.54) is 0 Å². The molecule has 0 spiro atoms. The van der Waals surface area contributed by atoms with Crippen molar-refractivity contribution < 1.29 is 4.79 Å². The number of hydrogen-bond acceptors (Lipinski definition) is 3. The van der Waals surface area contributed by atoms with Gasteiger partial charge in [-0.25, -0.2) is 0 Å². The first-order chi connectivity index (χ1) is 8.22. The molecule has 0 saturated carbocycles. The first-order valence-electron chi connectivity index (χ1n) is 6.11. The van der Waals surface area contributed by atoms with E-state index in [9.17, 15) is 4.79 Å². The van der Waals surface area contributed by atoms with Crippen LogP contribution in [0.1, 0.15) is 24.6 Å². The number of aromatic nitrogens is 1. The van der Waals surface area contributed by atoms with Gasteiger partial charge in [0.15, 0.2) is 0 Å². The van der Waals surface area contributed by atoms with Gasteiger partial charge >= 0.3 is 0 Å². The van der Waals surface area contributed by atoms with Crippen molar-refractivity contribution in [3.63, 3.8) is 0 Å². The lowest BCUT2D eigenvalue weighted by molar-refractivity contribution is -0.120. The van der Waals surface area contributed by atoms with Gasteiger partial charge in [0.25, 0.3) is 0 Å². The van der Waals surface area contributed by atoms with Crippen molar-refractivity contribution in [2.45, 2.75) is 26.7 Å². The van der Waals surface area contributed by atoms with E-state index >= 15 is 0 Å². The van der Waals surface area contributed by atoms with Crippen LogP contribution in [0, 0.1) is 6.92 Å². The summed E-state index contributed by atoms with van der Waals surface area (Å²) in [5, 5.41) is 6.11. The Balaban J connectivity index is 2.18. The molecular formula is C13H21N3O. The Morgan fingerprint density at radius 1 is 1.29 bits per heavy atom. The molecule has 0 aromatic carbocycles. The maximum Gasteiger partial charge on any atom is 0.224 e. The van der Waals surface area contributed by atoms with Gasteiger partial charge in [-0.2, -0.15) is 0 Å². The second-order valence-corrected chi connectivity index (χ2v) is 4.08. The molecule has 0 bridgehead atoms. The standard InChI is InChI=1S/C13H21N3O/c1-3-6-14-7-8-15-13(17)9-12-5-4-11(2)16-10-12/h4-5,10,14H,3,6-9H2,1-2H3,(H,15,17). The predicted molar refractivity (Wildman–Crippen MR) is 68.8 cm³/mol. The number of nitrogens with one attached hydrogen (secondary N) is 2. The van der Waals surface area contributed by atoms with Crippen LogP contribution < -0.4 is 10.6 Å². The van der Waals surface area contributed by atoms with Crippen LogP contribution in [0.4, 0.5) is 0 Å². The SMILES string of the molecule is CCCNCCNC(=O)Cc1ccc(C)nc1. The lowest BCUT2D eigenvalue weighted by atomic mass is 10.2. The van der Waals surface area contributed by atoms with Gasteiger partial charge in [-0.15, -0.1) is 0 Å². The van der Waals surface area contributed by atoms with Crippen molar-refractivity contribution in [1.29, 1.82) is 0 Å². The highest BCUT2D eigenvalue weighted by molar-refractivity contribution is 5.78. The Bertz CT molecular complexity index is 335. The highest BCUT2D eigenvalue weighted by atomic mass is 16.1. The number of rotatable bonds is 7. The van der Waals surface area contributed by atoms with Crippen LogP contribution in [0.25, 0.3) is 0 Å².